The Labute approximate surface area is 158 Å². The highest BCUT2D eigenvalue weighted by Crippen LogP contribution is 2.28. The Bertz CT molecular complexity index is 1040. The third kappa shape index (κ3) is 3.25. The number of nitrogens with zero attached hydrogens (tertiary/aromatic N) is 3. The Morgan fingerprint density at radius 3 is 2.59 bits per heavy atom. The molecule has 3 aromatic rings. The number of hydrogen-bond donors (Lipinski definition) is 1. The fraction of sp³-hybridized carbons (Fsp3) is 0.318. The molecule has 1 aliphatic rings. The van der Waals surface area contributed by atoms with Gasteiger partial charge in [0.15, 0.2) is 0 Å². The Balaban J connectivity index is 1.90. The first kappa shape index (κ1) is 17.5. The molecule has 1 aromatic carbocycles. The van der Waals surface area contributed by atoms with Gasteiger partial charge in [-0.15, -0.1) is 0 Å². The summed E-state index contributed by atoms with van der Waals surface area (Å²) in [5, 5.41) is 12.2. The highest BCUT2D eigenvalue weighted by atomic mass is 16.3. The predicted octanol–water partition coefficient (Wildman–Crippen LogP) is 4.09. The van der Waals surface area contributed by atoms with E-state index >= 15 is 0 Å². The normalized spacial score (nSPS) is 20.3. The Morgan fingerprint density at radius 2 is 1.85 bits per heavy atom. The zero-order valence-corrected chi connectivity index (χ0v) is 15.4. The van der Waals surface area contributed by atoms with Gasteiger partial charge in [0, 0.05) is 23.2 Å². The standard InChI is InChI=1S/C22H23N3O2/c1-15-8-2-5-11-19(15)24-14-18-16-9-3-4-10-17(16)21(26)25(22(18)27)20-12-6-7-13-23-20/h3-4,6-7,9-10,12-15,19,27H,2,5,8,11H2,1H3/t15-,19+/m1/s1. The van der Waals surface area contributed by atoms with Crippen LogP contribution in [0.15, 0.2) is 58.4 Å². The van der Waals surface area contributed by atoms with Crippen LogP contribution < -0.4 is 5.56 Å². The summed E-state index contributed by atoms with van der Waals surface area (Å²) in [7, 11) is 0. The summed E-state index contributed by atoms with van der Waals surface area (Å²) in [6.07, 6.45) is 8.04. The van der Waals surface area contributed by atoms with Crippen molar-refractivity contribution >= 4 is 17.0 Å². The lowest BCUT2D eigenvalue weighted by Gasteiger charge is -2.25. The largest absolute Gasteiger partial charge is 0.494 e. The number of rotatable bonds is 3. The van der Waals surface area contributed by atoms with Crippen LogP contribution in [0.25, 0.3) is 16.6 Å². The molecule has 5 heteroatoms. The van der Waals surface area contributed by atoms with Crippen molar-refractivity contribution in [1.29, 1.82) is 0 Å². The lowest BCUT2D eigenvalue weighted by Crippen LogP contribution is -2.22. The molecule has 0 amide bonds. The second-order valence-corrected chi connectivity index (χ2v) is 7.22. The third-order valence-corrected chi connectivity index (χ3v) is 5.44. The molecule has 1 fully saturated rings. The van der Waals surface area contributed by atoms with E-state index in [1.807, 2.05) is 18.2 Å². The first-order chi connectivity index (χ1) is 13.2. The van der Waals surface area contributed by atoms with Gasteiger partial charge in [0.1, 0.15) is 5.82 Å². The fourth-order valence-corrected chi connectivity index (χ4v) is 3.88. The van der Waals surface area contributed by atoms with E-state index in [2.05, 4.69) is 11.9 Å². The summed E-state index contributed by atoms with van der Waals surface area (Å²) < 4.78 is 1.26. The maximum absolute atomic E-state index is 13.0. The Morgan fingerprint density at radius 1 is 1.11 bits per heavy atom. The molecule has 1 N–H and O–H groups in total. The van der Waals surface area contributed by atoms with Crippen molar-refractivity contribution in [2.75, 3.05) is 0 Å². The number of fused-ring (bicyclic) bond motifs is 1. The SMILES string of the molecule is C[C@@H]1CCCC[C@@H]1N=Cc1c(O)n(-c2ccccn2)c(=O)c2ccccc12. The summed E-state index contributed by atoms with van der Waals surface area (Å²) in [5.41, 5.74) is 0.276. The molecule has 0 unspecified atom stereocenters. The average molecular weight is 361 g/mol. The van der Waals surface area contributed by atoms with Crippen LogP contribution in [0.1, 0.15) is 38.2 Å². The minimum absolute atomic E-state index is 0.121. The molecule has 0 bridgehead atoms. The number of aliphatic imine (C=N–C) groups is 1. The molecule has 0 aliphatic heterocycles. The van der Waals surface area contributed by atoms with Crippen molar-refractivity contribution in [1.82, 2.24) is 9.55 Å². The summed E-state index contributed by atoms with van der Waals surface area (Å²) in [4.78, 5) is 22.0. The van der Waals surface area contributed by atoms with Gasteiger partial charge in [-0.25, -0.2) is 9.55 Å². The second-order valence-electron chi connectivity index (χ2n) is 7.22. The van der Waals surface area contributed by atoms with Gasteiger partial charge in [0.2, 0.25) is 5.88 Å². The molecule has 0 radical (unpaired) electrons. The van der Waals surface area contributed by atoms with E-state index < -0.39 is 0 Å². The minimum atomic E-state index is -0.287. The number of aromatic nitrogens is 2. The van der Waals surface area contributed by atoms with E-state index in [1.165, 1.54) is 23.8 Å². The first-order valence-electron chi connectivity index (χ1n) is 9.48. The van der Waals surface area contributed by atoms with Crippen molar-refractivity contribution in [2.24, 2.45) is 10.9 Å². The lowest BCUT2D eigenvalue weighted by atomic mass is 9.86. The molecule has 4 rings (SSSR count). The molecule has 2 aromatic heterocycles. The Kier molecular flexibility index (Phi) is 4.75. The summed E-state index contributed by atoms with van der Waals surface area (Å²) in [6, 6.07) is 12.9. The van der Waals surface area contributed by atoms with Crippen molar-refractivity contribution in [3.63, 3.8) is 0 Å². The smallest absolute Gasteiger partial charge is 0.267 e. The molecule has 1 aliphatic carbocycles. The maximum Gasteiger partial charge on any atom is 0.267 e. The molecule has 5 nitrogen and oxygen atoms in total. The molecular formula is C22H23N3O2. The zero-order valence-electron chi connectivity index (χ0n) is 15.4. The lowest BCUT2D eigenvalue weighted by molar-refractivity contribution is 0.333. The van der Waals surface area contributed by atoms with E-state index in [-0.39, 0.29) is 17.5 Å². The van der Waals surface area contributed by atoms with Crippen molar-refractivity contribution in [3.8, 4) is 11.7 Å². The van der Waals surface area contributed by atoms with E-state index in [1.54, 1.807) is 36.7 Å². The van der Waals surface area contributed by atoms with Crippen molar-refractivity contribution in [2.45, 2.75) is 38.6 Å². The number of hydrogen-bond acceptors (Lipinski definition) is 4. The summed E-state index contributed by atoms with van der Waals surface area (Å²) in [5.74, 6) is 0.807. The van der Waals surface area contributed by atoms with Crippen LogP contribution in [0.4, 0.5) is 0 Å². The van der Waals surface area contributed by atoms with Gasteiger partial charge in [0.25, 0.3) is 5.56 Å². The number of benzene rings is 1. The second kappa shape index (κ2) is 7.35. The quantitative estimate of drug-likeness (QED) is 0.715. The van der Waals surface area contributed by atoms with Gasteiger partial charge >= 0.3 is 0 Å². The van der Waals surface area contributed by atoms with Crippen LogP contribution in [0.3, 0.4) is 0 Å². The number of pyridine rings is 2. The van der Waals surface area contributed by atoms with E-state index in [4.69, 9.17) is 4.99 Å². The first-order valence-corrected chi connectivity index (χ1v) is 9.48. The molecular weight excluding hydrogens is 338 g/mol. The summed E-state index contributed by atoms with van der Waals surface area (Å²) in [6.45, 7) is 2.23. The van der Waals surface area contributed by atoms with Gasteiger partial charge in [-0.3, -0.25) is 9.79 Å². The minimum Gasteiger partial charge on any atom is -0.494 e. The van der Waals surface area contributed by atoms with Gasteiger partial charge in [0.05, 0.1) is 11.6 Å². The molecule has 27 heavy (non-hydrogen) atoms. The molecule has 138 valence electrons. The third-order valence-electron chi connectivity index (χ3n) is 5.44. The van der Waals surface area contributed by atoms with Crippen LogP contribution in [-0.4, -0.2) is 26.9 Å². The molecule has 1 saturated carbocycles. The topological polar surface area (TPSA) is 67.5 Å². The fourth-order valence-electron chi connectivity index (χ4n) is 3.88. The van der Waals surface area contributed by atoms with Crippen molar-refractivity contribution < 1.29 is 5.11 Å². The molecule has 2 atom stereocenters. The zero-order chi connectivity index (χ0) is 18.8. The van der Waals surface area contributed by atoms with Crippen LogP contribution in [-0.2, 0) is 0 Å². The highest BCUT2D eigenvalue weighted by molar-refractivity contribution is 6.01. The molecule has 0 spiro atoms. The monoisotopic (exact) mass is 361 g/mol. The van der Waals surface area contributed by atoms with Gasteiger partial charge in [-0.2, -0.15) is 0 Å². The van der Waals surface area contributed by atoms with Gasteiger partial charge < -0.3 is 5.11 Å². The van der Waals surface area contributed by atoms with Gasteiger partial charge in [-0.05, 0) is 37.0 Å². The van der Waals surface area contributed by atoms with Crippen LogP contribution in [0, 0.1) is 5.92 Å². The predicted molar refractivity (Wildman–Crippen MR) is 108 cm³/mol. The van der Waals surface area contributed by atoms with Crippen molar-refractivity contribution in [3.05, 3.63) is 64.6 Å². The highest BCUT2D eigenvalue weighted by Gasteiger charge is 2.21. The average Bonchev–Trinajstić information content (AvgIpc) is 2.70. The van der Waals surface area contributed by atoms with E-state index in [0.29, 0.717) is 28.1 Å². The van der Waals surface area contributed by atoms with E-state index in [9.17, 15) is 9.90 Å². The summed E-state index contributed by atoms with van der Waals surface area (Å²) >= 11 is 0. The Hall–Kier alpha value is -2.95. The molecule has 2 heterocycles. The van der Waals surface area contributed by atoms with Crippen LogP contribution in [0.2, 0.25) is 0 Å². The number of aromatic hydroxyl groups is 1. The van der Waals surface area contributed by atoms with Crippen LogP contribution >= 0.6 is 0 Å². The maximum atomic E-state index is 13.0. The molecule has 0 saturated heterocycles. The van der Waals surface area contributed by atoms with Crippen LogP contribution in [0.5, 0.6) is 5.88 Å². The van der Waals surface area contributed by atoms with Gasteiger partial charge in [-0.1, -0.05) is 44.0 Å². The van der Waals surface area contributed by atoms with E-state index in [0.717, 1.165) is 6.42 Å².